The van der Waals surface area contributed by atoms with Gasteiger partial charge in [-0.3, -0.25) is 4.68 Å². The fourth-order valence-corrected chi connectivity index (χ4v) is 3.33. The summed E-state index contributed by atoms with van der Waals surface area (Å²) in [6.45, 7) is 7.00. The van der Waals surface area contributed by atoms with Crippen molar-refractivity contribution in [2.45, 2.75) is 44.9 Å². The summed E-state index contributed by atoms with van der Waals surface area (Å²) in [6, 6.07) is 0.0151. The van der Waals surface area contributed by atoms with Gasteiger partial charge >= 0.3 is 0 Å². The highest BCUT2D eigenvalue weighted by molar-refractivity contribution is 6.31. The van der Waals surface area contributed by atoms with Crippen molar-refractivity contribution in [3.63, 3.8) is 0 Å². The van der Waals surface area contributed by atoms with Crippen LogP contribution in [0.3, 0.4) is 0 Å². The molecule has 1 atom stereocenters. The lowest BCUT2D eigenvalue weighted by molar-refractivity contribution is -0.128. The third-order valence-corrected chi connectivity index (χ3v) is 4.28. The molecule has 0 bridgehead atoms. The maximum Gasteiger partial charge on any atom is 0.0935 e. The van der Waals surface area contributed by atoms with E-state index in [0.717, 1.165) is 38.3 Å². The van der Waals surface area contributed by atoms with E-state index in [1.54, 1.807) is 6.20 Å². The summed E-state index contributed by atoms with van der Waals surface area (Å²) in [7, 11) is 1.95. The average Bonchev–Trinajstić information content (AvgIpc) is 2.82. The van der Waals surface area contributed by atoms with E-state index in [-0.39, 0.29) is 11.6 Å². The SMILES string of the molecule is CCOC1(C(NC)c2c(Cl)cnn2CC)CCOCC1. The molecule has 0 spiro atoms. The maximum absolute atomic E-state index is 6.37. The highest BCUT2D eigenvalue weighted by Gasteiger charge is 2.43. The minimum absolute atomic E-state index is 0.0151. The Morgan fingerprint density at radius 3 is 2.75 bits per heavy atom. The Kier molecular flexibility index (Phi) is 5.43. The van der Waals surface area contributed by atoms with Crippen LogP contribution in [0, 0.1) is 0 Å². The number of hydrogen-bond donors (Lipinski definition) is 1. The molecule has 0 aliphatic carbocycles. The van der Waals surface area contributed by atoms with Gasteiger partial charge in [-0.1, -0.05) is 11.6 Å². The lowest BCUT2D eigenvalue weighted by atomic mass is 9.84. The smallest absolute Gasteiger partial charge is 0.0935 e. The van der Waals surface area contributed by atoms with Gasteiger partial charge in [-0.05, 0) is 20.9 Å². The highest BCUT2D eigenvalue weighted by Crippen LogP contribution is 2.39. The van der Waals surface area contributed by atoms with Crippen LogP contribution in [0.1, 0.15) is 38.4 Å². The number of rotatable bonds is 6. The third-order valence-electron chi connectivity index (χ3n) is 3.99. The standard InChI is InChI=1S/C14H24ClN3O2/c1-4-18-12(11(15)10-17-18)13(16-3)14(20-5-2)6-8-19-9-7-14/h10,13,16H,4-9H2,1-3H3. The number of aryl methyl sites for hydroxylation is 1. The number of aromatic nitrogens is 2. The van der Waals surface area contributed by atoms with Crippen molar-refractivity contribution in [3.05, 3.63) is 16.9 Å². The second-order valence-corrected chi connectivity index (χ2v) is 5.43. The van der Waals surface area contributed by atoms with Crippen LogP contribution in [0.15, 0.2) is 6.20 Å². The van der Waals surface area contributed by atoms with Crippen molar-refractivity contribution in [1.29, 1.82) is 0 Å². The van der Waals surface area contributed by atoms with Crippen LogP contribution in [0.25, 0.3) is 0 Å². The number of nitrogens with one attached hydrogen (secondary N) is 1. The number of ether oxygens (including phenoxy) is 2. The Morgan fingerprint density at radius 2 is 2.20 bits per heavy atom. The van der Waals surface area contributed by atoms with Crippen LogP contribution in [-0.2, 0) is 16.0 Å². The van der Waals surface area contributed by atoms with Crippen LogP contribution < -0.4 is 5.32 Å². The van der Waals surface area contributed by atoms with Gasteiger partial charge in [-0.2, -0.15) is 5.10 Å². The molecule has 1 unspecified atom stereocenters. The number of likely N-dealkylation sites (N-methyl/N-ethyl adjacent to an activating group) is 1. The Labute approximate surface area is 125 Å². The zero-order valence-corrected chi connectivity index (χ0v) is 13.2. The van der Waals surface area contributed by atoms with Crippen molar-refractivity contribution in [2.24, 2.45) is 0 Å². The molecule has 114 valence electrons. The summed E-state index contributed by atoms with van der Waals surface area (Å²) in [5.74, 6) is 0. The molecule has 1 aliphatic rings. The molecule has 0 aromatic carbocycles. The molecule has 1 aromatic rings. The molecule has 5 nitrogen and oxygen atoms in total. The van der Waals surface area contributed by atoms with Crippen LogP contribution in [-0.4, -0.2) is 42.2 Å². The van der Waals surface area contributed by atoms with E-state index < -0.39 is 0 Å². The molecule has 6 heteroatoms. The van der Waals surface area contributed by atoms with Crippen molar-refractivity contribution in [3.8, 4) is 0 Å². The van der Waals surface area contributed by atoms with Crippen LogP contribution in [0.2, 0.25) is 5.02 Å². The monoisotopic (exact) mass is 301 g/mol. The van der Waals surface area contributed by atoms with Gasteiger partial charge in [0.25, 0.3) is 0 Å². The first-order valence-electron chi connectivity index (χ1n) is 7.28. The topological polar surface area (TPSA) is 48.3 Å². The summed E-state index contributed by atoms with van der Waals surface area (Å²) in [5, 5.41) is 8.43. The van der Waals surface area contributed by atoms with E-state index in [0.29, 0.717) is 11.6 Å². The van der Waals surface area contributed by atoms with E-state index in [1.807, 2.05) is 18.7 Å². The predicted octanol–water partition coefficient (Wildman–Crippen LogP) is 2.40. The van der Waals surface area contributed by atoms with E-state index in [4.69, 9.17) is 21.1 Å². The first-order chi connectivity index (χ1) is 9.68. The van der Waals surface area contributed by atoms with E-state index in [1.165, 1.54) is 0 Å². The third kappa shape index (κ3) is 2.86. The summed E-state index contributed by atoms with van der Waals surface area (Å²) >= 11 is 6.37. The maximum atomic E-state index is 6.37. The Bertz CT molecular complexity index is 425. The molecule has 1 fully saturated rings. The predicted molar refractivity (Wildman–Crippen MR) is 79.1 cm³/mol. The van der Waals surface area contributed by atoms with Gasteiger partial charge < -0.3 is 14.8 Å². The van der Waals surface area contributed by atoms with E-state index >= 15 is 0 Å². The zero-order valence-electron chi connectivity index (χ0n) is 12.5. The normalized spacial score (nSPS) is 20.0. The van der Waals surface area contributed by atoms with Gasteiger partial charge in [0.05, 0.1) is 28.6 Å². The zero-order chi connectivity index (χ0) is 14.6. The fraction of sp³-hybridized carbons (Fsp3) is 0.786. The molecule has 1 N–H and O–H groups in total. The lowest BCUT2D eigenvalue weighted by Crippen LogP contribution is -2.49. The molecule has 0 radical (unpaired) electrons. The van der Waals surface area contributed by atoms with Gasteiger partial charge in [-0.25, -0.2) is 0 Å². The molecule has 0 amide bonds. The Morgan fingerprint density at radius 1 is 1.50 bits per heavy atom. The van der Waals surface area contributed by atoms with E-state index in [9.17, 15) is 0 Å². The molecular weight excluding hydrogens is 278 g/mol. The van der Waals surface area contributed by atoms with Crippen LogP contribution in [0.5, 0.6) is 0 Å². The minimum Gasteiger partial charge on any atom is -0.381 e. The molecule has 2 rings (SSSR count). The van der Waals surface area contributed by atoms with Crippen molar-refractivity contribution >= 4 is 11.6 Å². The Balaban J connectivity index is 2.39. The van der Waals surface area contributed by atoms with Crippen LogP contribution in [0.4, 0.5) is 0 Å². The van der Waals surface area contributed by atoms with Gasteiger partial charge in [0, 0.05) is 39.2 Å². The van der Waals surface area contributed by atoms with Gasteiger partial charge in [0.1, 0.15) is 0 Å². The Hall–Kier alpha value is -0.620. The van der Waals surface area contributed by atoms with Crippen molar-refractivity contribution < 1.29 is 9.47 Å². The van der Waals surface area contributed by atoms with Crippen molar-refractivity contribution in [1.82, 2.24) is 15.1 Å². The molecule has 0 saturated carbocycles. The second-order valence-electron chi connectivity index (χ2n) is 5.03. The van der Waals surface area contributed by atoms with E-state index in [2.05, 4.69) is 17.3 Å². The molecular formula is C14H24ClN3O2. The van der Waals surface area contributed by atoms with Gasteiger partial charge in [0.2, 0.25) is 0 Å². The first-order valence-corrected chi connectivity index (χ1v) is 7.66. The number of nitrogens with zero attached hydrogens (tertiary/aromatic N) is 2. The molecule has 1 saturated heterocycles. The highest BCUT2D eigenvalue weighted by atomic mass is 35.5. The average molecular weight is 302 g/mol. The minimum atomic E-state index is -0.279. The number of halogens is 1. The number of hydrogen-bond acceptors (Lipinski definition) is 4. The molecule has 1 aliphatic heterocycles. The first kappa shape index (κ1) is 15.8. The van der Waals surface area contributed by atoms with Gasteiger partial charge in [-0.15, -0.1) is 0 Å². The van der Waals surface area contributed by atoms with Gasteiger partial charge in [0.15, 0.2) is 0 Å². The molecule has 1 aromatic heterocycles. The fourth-order valence-electron chi connectivity index (χ4n) is 3.08. The largest absolute Gasteiger partial charge is 0.381 e. The summed E-state index contributed by atoms with van der Waals surface area (Å²) in [5.41, 5.74) is 0.727. The summed E-state index contributed by atoms with van der Waals surface area (Å²) in [4.78, 5) is 0. The van der Waals surface area contributed by atoms with Crippen LogP contribution >= 0.6 is 11.6 Å². The molecule has 20 heavy (non-hydrogen) atoms. The lowest BCUT2D eigenvalue weighted by Gasteiger charge is -2.43. The summed E-state index contributed by atoms with van der Waals surface area (Å²) < 4.78 is 13.6. The second kappa shape index (κ2) is 6.89. The summed E-state index contributed by atoms with van der Waals surface area (Å²) in [6.07, 6.45) is 3.43. The van der Waals surface area contributed by atoms with Crippen molar-refractivity contribution in [2.75, 3.05) is 26.9 Å². The quantitative estimate of drug-likeness (QED) is 0.876. The molecule has 2 heterocycles.